The van der Waals surface area contributed by atoms with Crippen molar-refractivity contribution in [1.29, 1.82) is 0 Å². The Hall–Kier alpha value is -2.14. The number of aromatic nitrogens is 2. The lowest BCUT2D eigenvalue weighted by molar-refractivity contribution is -0.127. The second-order valence-electron chi connectivity index (χ2n) is 8.59. The van der Waals surface area contributed by atoms with Crippen molar-refractivity contribution < 1.29 is 4.79 Å². The number of rotatable bonds is 7. The first-order valence-electron chi connectivity index (χ1n) is 10.6. The van der Waals surface area contributed by atoms with Gasteiger partial charge >= 0.3 is 0 Å². The highest BCUT2D eigenvalue weighted by Gasteiger charge is 2.39. The largest absolute Gasteiger partial charge is 0.338 e. The molecule has 1 saturated heterocycles. The monoisotopic (exact) mass is 380 g/mol. The fourth-order valence-electron chi connectivity index (χ4n) is 5.17. The van der Waals surface area contributed by atoms with Crippen LogP contribution in [0.25, 0.3) is 0 Å². The first kappa shape index (κ1) is 19.2. The highest BCUT2D eigenvalue weighted by Crippen LogP contribution is 2.37. The summed E-state index contributed by atoms with van der Waals surface area (Å²) in [6.45, 7) is 0.905. The van der Waals surface area contributed by atoms with Crippen LogP contribution in [0.3, 0.4) is 0 Å². The van der Waals surface area contributed by atoms with Gasteiger partial charge in [-0.2, -0.15) is 5.10 Å². The molecule has 2 fully saturated rings. The van der Waals surface area contributed by atoms with E-state index in [1.807, 2.05) is 36.1 Å². The van der Waals surface area contributed by atoms with Gasteiger partial charge < -0.3 is 10.2 Å². The minimum Gasteiger partial charge on any atom is -0.338 e. The third kappa shape index (κ3) is 4.14. The van der Waals surface area contributed by atoms with E-state index in [-0.39, 0.29) is 11.9 Å². The highest BCUT2D eigenvalue weighted by atomic mass is 16.2. The zero-order valence-electron chi connectivity index (χ0n) is 17.1. The zero-order valence-corrected chi connectivity index (χ0v) is 17.1. The van der Waals surface area contributed by atoms with Gasteiger partial charge in [0.15, 0.2) is 0 Å². The maximum atomic E-state index is 12.4. The summed E-state index contributed by atoms with van der Waals surface area (Å²) in [5.74, 6) is 1.30. The highest BCUT2D eigenvalue weighted by molar-refractivity contribution is 5.79. The van der Waals surface area contributed by atoms with Crippen LogP contribution in [0.1, 0.15) is 49.3 Å². The quantitative estimate of drug-likeness (QED) is 0.802. The van der Waals surface area contributed by atoms with Gasteiger partial charge in [0.25, 0.3) is 0 Å². The Morgan fingerprint density at radius 1 is 1.14 bits per heavy atom. The van der Waals surface area contributed by atoms with E-state index in [1.165, 1.54) is 31.2 Å². The molecular formula is C23H32N4O. The number of nitrogens with one attached hydrogen (secondary N) is 1. The van der Waals surface area contributed by atoms with Gasteiger partial charge in [-0.05, 0) is 37.2 Å². The summed E-state index contributed by atoms with van der Waals surface area (Å²) in [7, 11) is 3.86. The van der Waals surface area contributed by atoms with Crippen LogP contribution in [0, 0.1) is 11.8 Å². The molecular weight excluding hydrogens is 348 g/mol. The molecule has 2 aromatic rings. The molecule has 5 heteroatoms. The molecule has 5 nitrogen and oxygen atoms in total. The van der Waals surface area contributed by atoms with Crippen LogP contribution in [0.5, 0.6) is 0 Å². The normalized spacial score (nSPS) is 27.6. The predicted octanol–water partition coefficient (Wildman–Crippen LogP) is 3.33. The van der Waals surface area contributed by atoms with Crippen molar-refractivity contribution in [3.8, 4) is 0 Å². The van der Waals surface area contributed by atoms with E-state index in [4.69, 9.17) is 0 Å². The Balaban J connectivity index is 1.35. The Morgan fingerprint density at radius 2 is 1.96 bits per heavy atom. The summed E-state index contributed by atoms with van der Waals surface area (Å²) >= 11 is 0. The fourth-order valence-corrected chi connectivity index (χ4v) is 5.17. The molecule has 1 aromatic heterocycles. The second-order valence-corrected chi connectivity index (χ2v) is 8.59. The summed E-state index contributed by atoms with van der Waals surface area (Å²) in [5.41, 5.74) is 2.59. The number of carbonyl (C=O) groups excluding carboxylic acids is 1. The van der Waals surface area contributed by atoms with Crippen molar-refractivity contribution >= 4 is 5.91 Å². The maximum Gasteiger partial charge on any atom is 0.223 e. The molecule has 0 spiro atoms. The third-order valence-corrected chi connectivity index (χ3v) is 6.71. The van der Waals surface area contributed by atoms with E-state index >= 15 is 0 Å². The van der Waals surface area contributed by atoms with Crippen LogP contribution >= 0.6 is 0 Å². The molecule has 0 bridgehead atoms. The van der Waals surface area contributed by atoms with Gasteiger partial charge in [-0.3, -0.25) is 9.48 Å². The molecule has 2 aliphatic rings. The number of carbonyl (C=O) groups is 1. The van der Waals surface area contributed by atoms with Crippen molar-refractivity contribution in [2.45, 2.75) is 50.6 Å². The van der Waals surface area contributed by atoms with Crippen LogP contribution in [-0.4, -0.2) is 40.2 Å². The minimum atomic E-state index is 0.137. The van der Waals surface area contributed by atoms with Gasteiger partial charge in [-0.15, -0.1) is 0 Å². The molecule has 150 valence electrons. The van der Waals surface area contributed by atoms with E-state index in [0.717, 1.165) is 24.4 Å². The molecule has 1 aromatic carbocycles. The maximum absolute atomic E-state index is 12.4. The van der Waals surface area contributed by atoms with Gasteiger partial charge in [0.2, 0.25) is 5.91 Å². The summed E-state index contributed by atoms with van der Waals surface area (Å²) in [6.07, 6.45) is 10.9. The summed E-state index contributed by atoms with van der Waals surface area (Å²) in [5, 5.41) is 8.17. The van der Waals surface area contributed by atoms with Gasteiger partial charge in [0, 0.05) is 50.8 Å². The molecule has 1 aliphatic heterocycles. The third-order valence-electron chi connectivity index (χ3n) is 6.71. The van der Waals surface area contributed by atoms with E-state index in [1.54, 1.807) is 0 Å². The summed E-state index contributed by atoms with van der Waals surface area (Å²) in [6, 6.07) is 11.5. The van der Waals surface area contributed by atoms with Crippen molar-refractivity contribution in [3.63, 3.8) is 0 Å². The first-order valence-corrected chi connectivity index (χ1v) is 10.6. The Bertz CT molecular complexity index is 787. The van der Waals surface area contributed by atoms with Crippen LogP contribution in [-0.2, 0) is 18.3 Å². The molecule has 1 amide bonds. The SMILES string of the molecule is CN1C(=O)C[C@@H](CNC2CCCC2CCc2ccccc2)[C@@H]1c1cnn(C)c1. The van der Waals surface area contributed by atoms with Crippen molar-refractivity contribution in [1.82, 2.24) is 20.0 Å². The van der Waals surface area contributed by atoms with Crippen molar-refractivity contribution in [3.05, 3.63) is 53.9 Å². The molecule has 1 saturated carbocycles. The molecule has 4 rings (SSSR count). The standard InChI is InChI=1S/C23H32N4O/c1-26-16-20(15-25-26)23-19(13-22(28)27(23)2)14-24-21-10-6-9-18(21)12-11-17-7-4-3-5-8-17/h3-5,7-8,15-16,18-19,21,23-24H,6,9-14H2,1-2H3/t18?,19-,21?,23+/m0/s1. The minimum absolute atomic E-state index is 0.137. The number of aryl methyl sites for hydroxylation is 2. The predicted molar refractivity (Wildman–Crippen MR) is 111 cm³/mol. The fraction of sp³-hybridized carbons (Fsp3) is 0.565. The second kappa shape index (κ2) is 8.48. The van der Waals surface area contributed by atoms with E-state index < -0.39 is 0 Å². The van der Waals surface area contributed by atoms with E-state index in [0.29, 0.717) is 18.4 Å². The van der Waals surface area contributed by atoms with Crippen LogP contribution in [0.15, 0.2) is 42.7 Å². The summed E-state index contributed by atoms with van der Waals surface area (Å²) < 4.78 is 1.83. The molecule has 2 unspecified atom stereocenters. The number of nitrogens with zero attached hydrogens (tertiary/aromatic N) is 3. The Morgan fingerprint density at radius 3 is 2.71 bits per heavy atom. The molecule has 1 aliphatic carbocycles. The number of amides is 1. The number of hydrogen-bond acceptors (Lipinski definition) is 3. The molecule has 4 atom stereocenters. The van der Waals surface area contributed by atoms with Crippen molar-refractivity contribution in [2.75, 3.05) is 13.6 Å². The average molecular weight is 381 g/mol. The zero-order chi connectivity index (χ0) is 19.5. The molecule has 28 heavy (non-hydrogen) atoms. The average Bonchev–Trinajstić information content (AvgIpc) is 3.39. The van der Waals surface area contributed by atoms with Gasteiger partial charge in [0.1, 0.15) is 0 Å². The Kier molecular flexibility index (Phi) is 5.81. The van der Waals surface area contributed by atoms with E-state index in [2.05, 4.69) is 40.7 Å². The van der Waals surface area contributed by atoms with Gasteiger partial charge in [0.05, 0.1) is 12.2 Å². The smallest absolute Gasteiger partial charge is 0.223 e. The lowest BCUT2D eigenvalue weighted by Crippen LogP contribution is -2.37. The molecule has 1 N–H and O–H groups in total. The number of likely N-dealkylation sites (tertiary alicyclic amines) is 1. The lowest BCUT2D eigenvalue weighted by atomic mass is 9.92. The van der Waals surface area contributed by atoms with Crippen LogP contribution in [0.2, 0.25) is 0 Å². The topological polar surface area (TPSA) is 50.2 Å². The van der Waals surface area contributed by atoms with E-state index in [9.17, 15) is 4.79 Å². The van der Waals surface area contributed by atoms with Crippen molar-refractivity contribution in [2.24, 2.45) is 18.9 Å². The van der Waals surface area contributed by atoms with Crippen LogP contribution < -0.4 is 5.32 Å². The van der Waals surface area contributed by atoms with Gasteiger partial charge in [-0.25, -0.2) is 0 Å². The number of benzene rings is 1. The first-order chi connectivity index (χ1) is 13.6. The lowest BCUT2D eigenvalue weighted by Gasteiger charge is -2.27. The molecule has 2 heterocycles. The number of hydrogen-bond donors (Lipinski definition) is 1. The van der Waals surface area contributed by atoms with Gasteiger partial charge in [-0.1, -0.05) is 36.8 Å². The molecule has 0 radical (unpaired) electrons. The van der Waals surface area contributed by atoms with Crippen LogP contribution in [0.4, 0.5) is 0 Å². The summed E-state index contributed by atoms with van der Waals surface area (Å²) in [4.78, 5) is 14.3. The Labute approximate surface area is 168 Å².